The SMILES string of the molecule is CN(C)CCN(Cc1ccc(Cl)cc1)C1C=CC=CN1. The highest BCUT2D eigenvalue weighted by molar-refractivity contribution is 6.30. The van der Waals surface area contributed by atoms with E-state index in [-0.39, 0.29) is 6.17 Å². The molecule has 1 aliphatic rings. The second-order valence-electron chi connectivity index (χ2n) is 5.26. The van der Waals surface area contributed by atoms with Crippen molar-refractivity contribution >= 4 is 11.6 Å². The van der Waals surface area contributed by atoms with Crippen LogP contribution in [0.4, 0.5) is 0 Å². The van der Waals surface area contributed by atoms with Crippen molar-refractivity contribution in [3.05, 3.63) is 59.3 Å². The van der Waals surface area contributed by atoms with E-state index in [0.29, 0.717) is 0 Å². The summed E-state index contributed by atoms with van der Waals surface area (Å²) in [4.78, 5) is 4.63. The van der Waals surface area contributed by atoms with Gasteiger partial charge in [0.05, 0.1) is 6.17 Å². The molecule has 0 saturated carbocycles. The molecule has 0 bridgehead atoms. The van der Waals surface area contributed by atoms with E-state index in [1.54, 1.807) is 0 Å². The summed E-state index contributed by atoms with van der Waals surface area (Å²) in [5, 5.41) is 4.17. The highest BCUT2D eigenvalue weighted by atomic mass is 35.5. The first-order valence-corrected chi connectivity index (χ1v) is 7.25. The van der Waals surface area contributed by atoms with Crippen LogP contribution in [0, 0.1) is 0 Å². The van der Waals surface area contributed by atoms with Gasteiger partial charge in [0, 0.05) is 24.7 Å². The molecule has 4 heteroatoms. The van der Waals surface area contributed by atoms with Crippen molar-refractivity contribution in [3.8, 4) is 0 Å². The van der Waals surface area contributed by atoms with E-state index in [1.807, 2.05) is 24.4 Å². The number of halogens is 1. The minimum absolute atomic E-state index is 0.246. The van der Waals surface area contributed by atoms with Gasteiger partial charge >= 0.3 is 0 Å². The van der Waals surface area contributed by atoms with Gasteiger partial charge in [-0.15, -0.1) is 0 Å². The molecule has 0 saturated heterocycles. The van der Waals surface area contributed by atoms with Crippen LogP contribution < -0.4 is 5.32 Å². The molecule has 108 valence electrons. The summed E-state index contributed by atoms with van der Waals surface area (Å²) in [6, 6.07) is 8.08. The maximum absolute atomic E-state index is 5.95. The maximum Gasteiger partial charge on any atom is 0.0988 e. The number of nitrogens with zero attached hydrogens (tertiary/aromatic N) is 2. The third kappa shape index (κ3) is 4.67. The number of hydrogen-bond acceptors (Lipinski definition) is 3. The molecular weight excluding hydrogens is 270 g/mol. The number of likely N-dealkylation sites (N-methyl/N-ethyl adjacent to an activating group) is 1. The van der Waals surface area contributed by atoms with Gasteiger partial charge in [0.2, 0.25) is 0 Å². The molecule has 1 atom stereocenters. The van der Waals surface area contributed by atoms with E-state index < -0.39 is 0 Å². The predicted molar refractivity (Wildman–Crippen MR) is 85.6 cm³/mol. The van der Waals surface area contributed by atoms with Crippen molar-refractivity contribution in [2.24, 2.45) is 0 Å². The standard InChI is InChI=1S/C16H22ClN3/c1-19(2)11-12-20(16-5-3-4-10-18-16)13-14-6-8-15(17)9-7-14/h3-10,16,18H,11-13H2,1-2H3. The average molecular weight is 292 g/mol. The number of nitrogens with one attached hydrogen (secondary N) is 1. The van der Waals surface area contributed by atoms with Crippen LogP contribution in [-0.2, 0) is 6.54 Å². The Morgan fingerprint density at radius 3 is 2.45 bits per heavy atom. The van der Waals surface area contributed by atoms with Gasteiger partial charge in [0.1, 0.15) is 0 Å². The smallest absolute Gasteiger partial charge is 0.0988 e. The summed E-state index contributed by atoms with van der Waals surface area (Å²) >= 11 is 5.95. The first-order chi connectivity index (χ1) is 9.65. The van der Waals surface area contributed by atoms with Crippen molar-refractivity contribution < 1.29 is 0 Å². The molecular formula is C16H22ClN3. The molecule has 1 aromatic rings. The third-order valence-electron chi connectivity index (χ3n) is 3.29. The van der Waals surface area contributed by atoms with Crippen molar-refractivity contribution in [1.29, 1.82) is 0 Å². The lowest BCUT2D eigenvalue weighted by molar-refractivity contribution is 0.183. The van der Waals surface area contributed by atoms with Crippen LogP contribution >= 0.6 is 11.6 Å². The highest BCUT2D eigenvalue weighted by Gasteiger charge is 2.16. The van der Waals surface area contributed by atoms with Crippen LogP contribution in [0.5, 0.6) is 0 Å². The van der Waals surface area contributed by atoms with Crippen LogP contribution in [0.1, 0.15) is 5.56 Å². The molecule has 1 aromatic carbocycles. The summed E-state index contributed by atoms with van der Waals surface area (Å²) in [6.07, 6.45) is 8.53. The zero-order valence-corrected chi connectivity index (χ0v) is 12.8. The number of allylic oxidation sites excluding steroid dienone is 2. The Hall–Kier alpha value is -1.29. The summed E-state index contributed by atoms with van der Waals surface area (Å²) in [7, 11) is 4.20. The Kier molecular flexibility index (Phi) is 5.65. The van der Waals surface area contributed by atoms with Gasteiger partial charge in [-0.3, -0.25) is 4.90 Å². The fraction of sp³-hybridized carbons (Fsp3) is 0.375. The second-order valence-corrected chi connectivity index (χ2v) is 5.69. The quantitative estimate of drug-likeness (QED) is 0.869. The zero-order valence-electron chi connectivity index (χ0n) is 12.1. The van der Waals surface area contributed by atoms with Crippen LogP contribution in [0.2, 0.25) is 5.02 Å². The van der Waals surface area contributed by atoms with Crippen molar-refractivity contribution in [2.45, 2.75) is 12.7 Å². The summed E-state index contributed by atoms with van der Waals surface area (Å²) in [6.45, 7) is 2.94. The normalized spacial score (nSPS) is 17.8. The first-order valence-electron chi connectivity index (χ1n) is 6.88. The minimum atomic E-state index is 0.246. The molecule has 0 amide bonds. The number of rotatable bonds is 6. The largest absolute Gasteiger partial charge is 0.372 e. The second kappa shape index (κ2) is 7.48. The lowest BCUT2D eigenvalue weighted by Gasteiger charge is -2.32. The van der Waals surface area contributed by atoms with E-state index in [1.165, 1.54) is 5.56 Å². The van der Waals surface area contributed by atoms with Crippen LogP contribution in [0.25, 0.3) is 0 Å². The van der Waals surface area contributed by atoms with E-state index in [2.05, 4.69) is 53.5 Å². The third-order valence-corrected chi connectivity index (χ3v) is 3.55. The highest BCUT2D eigenvalue weighted by Crippen LogP contribution is 2.13. The molecule has 2 rings (SSSR count). The van der Waals surface area contributed by atoms with Gasteiger partial charge in [-0.05, 0) is 50.1 Å². The van der Waals surface area contributed by atoms with Crippen LogP contribution in [-0.4, -0.2) is 43.2 Å². The molecule has 3 nitrogen and oxygen atoms in total. The number of hydrogen-bond donors (Lipinski definition) is 1. The Balaban J connectivity index is 2.03. The Morgan fingerprint density at radius 2 is 1.85 bits per heavy atom. The van der Waals surface area contributed by atoms with E-state index >= 15 is 0 Å². The topological polar surface area (TPSA) is 18.5 Å². The minimum Gasteiger partial charge on any atom is -0.372 e. The molecule has 1 unspecified atom stereocenters. The maximum atomic E-state index is 5.95. The summed E-state index contributed by atoms with van der Waals surface area (Å²) in [5.41, 5.74) is 1.28. The van der Waals surface area contributed by atoms with Gasteiger partial charge in [-0.2, -0.15) is 0 Å². The number of benzene rings is 1. The molecule has 0 fully saturated rings. The molecule has 1 aliphatic heterocycles. The fourth-order valence-corrected chi connectivity index (χ4v) is 2.26. The Labute approximate surface area is 126 Å². The van der Waals surface area contributed by atoms with Gasteiger partial charge in [0.15, 0.2) is 0 Å². The van der Waals surface area contributed by atoms with Crippen LogP contribution in [0.15, 0.2) is 48.7 Å². The number of dihydropyridines is 1. The van der Waals surface area contributed by atoms with Crippen molar-refractivity contribution in [3.63, 3.8) is 0 Å². The molecule has 0 spiro atoms. The lowest BCUT2D eigenvalue weighted by Crippen LogP contribution is -2.45. The zero-order chi connectivity index (χ0) is 14.4. The molecule has 1 N–H and O–H groups in total. The fourth-order valence-electron chi connectivity index (χ4n) is 2.13. The average Bonchev–Trinajstić information content (AvgIpc) is 2.46. The molecule has 1 heterocycles. The molecule has 0 aromatic heterocycles. The summed E-state index contributed by atoms with van der Waals surface area (Å²) < 4.78 is 0. The van der Waals surface area contributed by atoms with Gasteiger partial charge in [-0.25, -0.2) is 0 Å². The van der Waals surface area contributed by atoms with Gasteiger partial charge in [0.25, 0.3) is 0 Å². The van der Waals surface area contributed by atoms with Crippen molar-refractivity contribution in [2.75, 3.05) is 27.2 Å². The molecule has 0 aliphatic carbocycles. The monoisotopic (exact) mass is 291 g/mol. The van der Waals surface area contributed by atoms with E-state index in [9.17, 15) is 0 Å². The molecule has 0 radical (unpaired) electrons. The van der Waals surface area contributed by atoms with E-state index in [0.717, 1.165) is 24.7 Å². The Morgan fingerprint density at radius 1 is 1.10 bits per heavy atom. The Bertz CT molecular complexity index is 465. The van der Waals surface area contributed by atoms with Crippen LogP contribution in [0.3, 0.4) is 0 Å². The van der Waals surface area contributed by atoms with Gasteiger partial charge in [-0.1, -0.05) is 29.8 Å². The molecule has 20 heavy (non-hydrogen) atoms. The lowest BCUT2D eigenvalue weighted by atomic mass is 10.2. The van der Waals surface area contributed by atoms with Crippen molar-refractivity contribution in [1.82, 2.24) is 15.1 Å². The van der Waals surface area contributed by atoms with Gasteiger partial charge < -0.3 is 10.2 Å². The van der Waals surface area contributed by atoms with E-state index in [4.69, 9.17) is 11.6 Å². The predicted octanol–water partition coefficient (Wildman–Crippen LogP) is 2.70. The first kappa shape index (κ1) is 15.1. The summed E-state index contributed by atoms with van der Waals surface area (Å²) in [5.74, 6) is 0.